The molecule has 4 rings (SSSR count). The number of carbonyl (C=O) groups excluding carboxylic acids is 1. The summed E-state index contributed by atoms with van der Waals surface area (Å²) in [6, 6.07) is 24.4. The average Bonchev–Trinajstić information content (AvgIpc) is 2.78. The summed E-state index contributed by atoms with van der Waals surface area (Å²) in [5, 5.41) is 4.98. The number of amides is 1. The number of nitrogens with zero attached hydrogens (tertiary/aromatic N) is 2. The van der Waals surface area contributed by atoms with Crippen LogP contribution in [0.1, 0.15) is 6.42 Å². The minimum atomic E-state index is -0.393. The molecule has 29 heavy (non-hydrogen) atoms. The van der Waals surface area contributed by atoms with Crippen molar-refractivity contribution in [2.24, 2.45) is 0 Å². The number of anilines is 2. The summed E-state index contributed by atoms with van der Waals surface area (Å²) in [6.45, 7) is 5.52. The van der Waals surface area contributed by atoms with Crippen LogP contribution in [-0.2, 0) is 4.74 Å². The van der Waals surface area contributed by atoms with Crippen LogP contribution >= 0.6 is 0 Å². The monoisotopic (exact) mass is 389 g/mol. The second-order valence-corrected chi connectivity index (χ2v) is 7.31. The zero-order valence-electron chi connectivity index (χ0n) is 16.6. The van der Waals surface area contributed by atoms with Gasteiger partial charge >= 0.3 is 6.09 Å². The van der Waals surface area contributed by atoms with Gasteiger partial charge in [0.15, 0.2) is 0 Å². The number of fused-ring (bicyclic) bond motifs is 1. The van der Waals surface area contributed by atoms with Crippen LogP contribution in [0.4, 0.5) is 16.2 Å². The van der Waals surface area contributed by atoms with Crippen molar-refractivity contribution in [1.29, 1.82) is 0 Å². The molecule has 0 aromatic heterocycles. The van der Waals surface area contributed by atoms with Crippen LogP contribution in [0, 0.1) is 0 Å². The molecule has 1 fully saturated rings. The maximum atomic E-state index is 12.2. The van der Waals surface area contributed by atoms with Crippen molar-refractivity contribution in [3.63, 3.8) is 0 Å². The minimum Gasteiger partial charge on any atom is -0.449 e. The zero-order valence-corrected chi connectivity index (χ0v) is 16.6. The number of rotatable bonds is 6. The van der Waals surface area contributed by atoms with Crippen LogP contribution in [-0.4, -0.2) is 50.3 Å². The standard InChI is InChI=1S/C24H27N3O2/c28-24(25-23-13-6-9-20-8-4-5-12-22(20)23)29-19-7-14-26-15-17-27(18-16-26)21-10-2-1-3-11-21/h1-6,8-13H,7,14-19H2,(H,25,28). The predicted molar refractivity (Wildman–Crippen MR) is 119 cm³/mol. The molecule has 1 amide bonds. The summed E-state index contributed by atoms with van der Waals surface area (Å²) in [4.78, 5) is 17.0. The highest BCUT2D eigenvalue weighted by molar-refractivity contribution is 6.00. The third-order valence-corrected chi connectivity index (χ3v) is 5.37. The van der Waals surface area contributed by atoms with Gasteiger partial charge in [0.25, 0.3) is 0 Å². The summed E-state index contributed by atoms with van der Waals surface area (Å²) < 4.78 is 5.39. The number of carbonyl (C=O) groups is 1. The first kappa shape index (κ1) is 19.3. The first-order valence-corrected chi connectivity index (χ1v) is 10.2. The van der Waals surface area contributed by atoms with Gasteiger partial charge in [0, 0.05) is 43.8 Å². The molecule has 1 aliphatic heterocycles. The van der Waals surface area contributed by atoms with E-state index in [0.29, 0.717) is 6.61 Å². The third kappa shape index (κ3) is 5.06. The first-order chi connectivity index (χ1) is 14.3. The van der Waals surface area contributed by atoms with E-state index in [1.807, 2.05) is 42.5 Å². The predicted octanol–water partition coefficient (Wildman–Crippen LogP) is 4.60. The van der Waals surface area contributed by atoms with Crippen molar-refractivity contribution in [3.05, 3.63) is 72.8 Å². The van der Waals surface area contributed by atoms with E-state index in [-0.39, 0.29) is 0 Å². The number of hydrogen-bond donors (Lipinski definition) is 1. The van der Waals surface area contributed by atoms with E-state index in [1.165, 1.54) is 5.69 Å². The largest absolute Gasteiger partial charge is 0.449 e. The molecular formula is C24H27N3O2. The minimum absolute atomic E-state index is 0.393. The SMILES string of the molecule is O=C(Nc1cccc2ccccc12)OCCCN1CCN(c2ccccc2)CC1. The van der Waals surface area contributed by atoms with Crippen molar-refractivity contribution in [1.82, 2.24) is 4.90 Å². The molecule has 1 saturated heterocycles. The maximum absolute atomic E-state index is 12.2. The van der Waals surface area contributed by atoms with Gasteiger partial charge < -0.3 is 9.64 Å². The number of hydrogen-bond acceptors (Lipinski definition) is 4. The lowest BCUT2D eigenvalue weighted by Crippen LogP contribution is -2.46. The summed E-state index contributed by atoms with van der Waals surface area (Å²) >= 11 is 0. The second-order valence-electron chi connectivity index (χ2n) is 7.31. The van der Waals surface area contributed by atoms with Crippen LogP contribution in [0.3, 0.4) is 0 Å². The van der Waals surface area contributed by atoms with Crippen molar-refractivity contribution < 1.29 is 9.53 Å². The molecule has 3 aromatic carbocycles. The van der Waals surface area contributed by atoms with Crippen LogP contribution in [0.25, 0.3) is 10.8 Å². The van der Waals surface area contributed by atoms with Gasteiger partial charge in [-0.25, -0.2) is 4.79 Å². The van der Waals surface area contributed by atoms with E-state index in [2.05, 4.69) is 45.4 Å². The average molecular weight is 389 g/mol. The van der Waals surface area contributed by atoms with Crippen molar-refractivity contribution in [2.45, 2.75) is 6.42 Å². The Morgan fingerprint density at radius 2 is 1.59 bits per heavy atom. The highest BCUT2D eigenvalue weighted by Gasteiger charge is 2.16. The van der Waals surface area contributed by atoms with Gasteiger partial charge in [0.05, 0.1) is 12.3 Å². The molecule has 1 N–H and O–H groups in total. The third-order valence-electron chi connectivity index (χ3n) is 5.37. The number of nitrogens with one attached hydrogen (secondary N) is 1. The number of para-hydroxylation sites is 1. The molecule has 0 saturated carbocycles. The topological polar surface area (TPSA) is 44.8 Å². The summed E-state index contributed by atoms with van der Waals surface area (Å²) in [5.74, 6) is 0. The van der Waals surface area contributed by atoms with Crippen molar-refractivity contribution in [3.8, 4) is 0 Å². The fourth-order valence-electron chi connectivity index (χ4n) is 3.80. The van der Waals surface area contributed by atoms with E-state index < -0.39 is 6.09 Å². The summed E-state index contributed by atoms with van der Waals surface area (Å²) in [7, 11) is 0. The quantitative estimate of drug-likeness (QED) is 0.626. The van der Waals surface area contributed by atoms with Gasteiger partial charge in [0.1, 0.15) is 0 Å². The Balaban J connectivity index is 1.17. The molecule has 3 aromatic rings. The molecule has 0 aliphatic carbocycles. The molecule has 0 radical (unpaired) electrons. The lowest BCUT2D eigenvalue weighted by atomic mass is 10.1. The van der Waals surface area contributed by atoms with Crippen LogP contribution in [0.5, 0.6) is 0 Å². The molecule has 1 aliphatic rings. The molecule has 5 heteroatoms. The molecule has 0 atom stereocenters. The molecule has 0 bridgehead atoms. The molecule has 1 heterocycles. The lowest BCUT2D eigenvalue weighted by molar-refractivity contribution is 0.151. The van der Waals surface area contributed by atoms with Gasteiger partial charge in [-0.05, 0) is 30.0 Å². The van der Waals surface area contributed by atoms with E-state index >= 15 is 0 Å². The van der Waals surface area contributed by atoms with Crippen LogP contribution in [0.2, 0.25) is 0 Å². The van der Waals surface area contributed by atoms with E-state index in [4.69, 9.17) is 4.74 Å². The highest BCUT2D eigenvalue weighted by atomic mass is 16.5. The van der Waals surface area contributed by atoms with Crippen molar-refractivity contribution >= 4 is 28.2 Å². The van der Waals surface area contributed by atoms with Gasteiger partial charge in [-0.15, -0.1) is 0 Å². The zero-order chi connectivity index (χ0) is 19.9. The van der Waals surface area contributed by atoms with E-state index in [9.17, 15) is 4.79 Å². The Morgan fingerprint density at radius 1 is 0.862 bits per heavy atom. The second kappa shape index (κ2) is 9.43. The lowest BCUT2D eigenvalue weighted by Gasteiger charge is -2.36. The first-order valence-electron chi connectivity index (χ1n) is 10.2. The van der Waals surface area contributed by atoms with Gasteiger partial charge in [-0.3, -0.25) is 10.2 Å². The molecule has 0 unspecified atom stereocenters. The fourth-order valence-corrected chi connectivity index (χ4v) is 3.80. The highest BCUT2D eigenvalue weighted by Crippen LogP contribution is 2.23. The molecule has 5 nitrogen and oxygen atoms in total. The van der Waals surface area contributed by atoms with Crippen molar-refractivity contribution in [2.75, 3.05) is 49.5 Å². The molecule has 150 valence electrons. The Labute approximate surface area is 171 Å². The number of piperazine rings is 1. The fraction of sp³-hybridized carbons (Fsp3) is 0.292. The van der Waals surface area contributed by atoms with Crippen LogP contribution in [0.15, 0.2) is 72.8 Å². The van der Waals surface area contributed by atoms with Gasteiger partial charge in [-0.1, -0.05) is 54.6 Å². The molecule has 0 spiro atoms. The Bertz CT molecular complexity index is 932. The Hall–Kier alpha value is -3.05. The van der Waals surface area contributed by atoms with E-state index in [1.54, 1.807) is 0 Å². The maximum Gasteiger partial charge on any atom is 0.411 e. The number of ether oxygens (including phenoxy) is 1. The van der Waals surface area contributed by atoms with E-state index in [0.717, 1.165) is 55.6 Å². The molecular weight excluding hydrogens is 362 g/mol. The van der Waals surface area contributed by atoms with Crippen LogP contribution < -0.4 is 10.2 Å². The summed E-state index contributed by atoms with van der Waals surface area (Å²) in [5.41, 5.74) is 2.07. The Morgan fingerprint density at radius 3 is 2.41 bits per heavy atom. The van der Waals surface area contributed by atoms with Gasteiger partial charge in [-0.2, -0.15) is 0 Å². The summed E-state index contributed by atoms with van der Waals surface area (Å²) in [6.07, 6.45) is 0.448. The normalized spacial score (nSPS) is 14.7. The Kier molecular flexibility index (Phi) is 6.27. The number of benzene rings is 3. The smallest absolute Gasteiger partial charge is 0.411 e. The van der Waals surface area contributed by atoms with Gasteiger partial charge in [0.2, 0.25) is 0 Å².